The van der Waals surface area contributed by atoms with E-state index in [1.54, 1.807) is 41.3 Å². The van der Waals surface area contributed by atoms with E-state index >= 15 is 0 Å². The molecule has 1 amide bonds. The van der Waals surface area contributed by atoms with Gasteiger partial charge in [-0.1, -0.05) is 29.8 Å². The molecule has 0 N–H and O–H groups in total. The van der Waals surface area contributed by atoms with Crippen LogP contribution in [0.15, 0.2) is 66.7 Å². The predicted octanol–water partition coefficient (Wildman–Crippen LogP) is 4.74. The van der Waals surface area contributed by atoms with Crippen LogP contribution >= 0.6 is 11.6 Å². The fourth-order valence-electron chi connectivity index (χ4n) is 3.72. The third-order valence-corrected chi connectivity index (χ3v) is 5.48. The number of β-lactam (4-membered cyclic amide) rings is 1. The van der Waals surface area contributed by atoms with Gasteiger partial charge >= 0.3 is 0 Å². The summed E-state index contributed by atoms with van der Waals surface area (Å²) in [6.45, 7) is 0.564. The van der Waals surface area contributed by atoms with Gasteiger partial charge in [0.1, 0.15) is 17.6 Å². The van der Waals surface area contributed by atoms with Crippen LogP contribution in [0.4, 0.5) is 4.39 Å². The quantitative estimate of drug-likeness (QED) is 0.554. The van der Waals surface area contributed by atoms with Crippen molar-refractivity contribution in [1.82, 2.24) is 4.90 Å². The lowest BCUT2D eigenvalue weighted by molar-refractivity contribution is -0.165. The third kappa shape index (κ3) is 3.44. The second-order valence-corrected chi connectivity index (χ2v) is 7.58. The number of rotatable bonds is 5. The van der Waals surface area contributed by atoms with Gasteiger partial charge in [0.25, 0.3) is 5.91 Å². The minimum Gasteiger partial charge on any atom is -0.478 e. The molecule has 5 rings (SSSR count). The lowest BCUT2D eigenvalue weighted by Crippen LogP contribution is -2.60. The highest BCUT2D eigenvalue weighted by molar-refractivity contribution is 6.30. The molecule has 3 aromatic rings. The van der Waals surface area contributed by atoms with Crippen molar-refractivity contribution in [3.8, 4) is 17.2 Å². The Morgan fingerprint density at radius 2 is 1.73 bits per heavy atom. The van der Waals surface area contributed by atoms with E-state index < -0.39 is 6.10 Å². The molecule has 0 saturated carbocycles. The molecule has 2 heterocycles. The van der Waals surface area contributed by atoms with Gasteiger partial charge in [-0.2, -0.15) is 0 Å². The molecule has 0 aromatic heterocycles. The zero-order valence-electron chi connectivity index (χ0n) is 15.8. The molecule has 1 fully saturated rings. The monoisotopic (exact) mass is 425 g/mol. The van der Waals surface area contributed by atoms with Gasteiger partial charge in [-0.25, -0.2) is 4.39 Å². The van der Waals surface area contributed by atoms with Crippen LogP contribution in [0.5, 0.6) is 17.2 Å². The highest BCUT2D eigenvalue weighted by Crippen LogP contribution is 2.40. The first kappa shape index (κ1) is 18.8. The summed E-state index contributed by atoms with van der Waals surface area (Å²) in [7, 11) is 0. The summed E-state index contributed by atoms with van der Waals surface area (Å²) in [4.78, 5) is 14.7. The maximum absolute atomic E-state index is 13.5. The van der Waals surface area contributed by atoms with Crippen LogP contribution in [0, 0.1) is 5.82 Å². The Morgan fingerprint density at radius 3 is 2.50 bits per heavy atom. The maximum atomic E-state index is 13.5. The summed E-state index contributed by atoms with van der Waals surface area (Å²) in [6.07, 6.45) is -0.703. The molecule has 2 aliphatic rings. The molecule has 30 heavy (non-hydrogen) atoms. The first-order valence-electron chi connectivity index (χ1n) is 9.45. The summed E-state index contributed by atoms with van der Waals surface area (Å²) in [5.41, 5.74) is 1.71. The normalized spacial score (nSPS) is 19.5. The maximum Gasteiger partial charge on any atom is 0.267 e. The van der Waals surface area contributed by atoms with Crippen LogP contribution in [0.3, 0.4) is 0 Å². The molecule has 5 nitrogen and oxygen atoms in total. The SMILES string of the molecule is O=C1[C@@H](Oc2ccc(Cl)cc2)[C@@H](c2ccc(F)cc2)N1Cc1ccc2c(c1)OCO2. The molecule has 3 aromatic carbocycles. The van der Waals surface area contributed by atoms with E-state index in [4.69, 9.17) is 25.8 Å². The minimum atomic E-state index is -0.703. The number of hydrogen-bond donors (Lipinski definition) is 0. The van der Waals surface area contributed by atoms with Crippen molar-refractivity contribution >= 4 is 17.5 Å². The Kier molecular flexibility index (Phi) is 4.71. The van der Waals surface area contributed by atoms with Crippen molar-refractivity contribution in [2.45, 2.75) is 18.7 Å². The first-order valence-corrected chi connectivity index (χ1v) is 9.83. The Bertz CT molecular complexity index is 1090. The number of fused-ring (bicyclic) bond motifs is 1. The smallest absolute Gasteiger partial charge is 0.267 e. The molecule has 2 aliphatic heterocycles. The molecule has 0 bridgehead atoms. The topological polar surface area (TPSA) is 48.0 Å². The molecule has 0 aliphatic carbocycles. The van der Waals surface area contributed by atoms with Gasteiger partial charge in [-0.3, -0.25) is 4.79 Å². The molecule has 2 atom stereocenters. The number of nitrogens with zero attached hydrogens (tertiary/aromatic N) is 1. The number of ether oxygens (including phenoxy) is 3. The Hall–Kier alpha value is -3.25. The summed E-state index contributed by atoms with van der Waals surface area (Å²) in [6, 6.07) is 18.2. The number of carbonyl (C=O) groups excluding carboxylic acids is 1. The van der Waals surface area contributed by atoms with Gasteiger partial charge in [0, 0.05) is 11.6 Å². The minimum absolute atomic E-state index is 0.142. The molecule has 0 spiro atoms. The average molecular weight is 426 g/mol. The van der Waals surface area contributed by atoms with Crippen molar-refractivity contribution in [3.63, 3.8) is 0 Å². The molecule has 7 heteroatoms. The first-order chi connectivity index (χ1) is 14.6. The van der Waals surface area contributed by atoms with Crippen molar-refractivity contribution in [2.24, 2.45) is 0 Å². The van der Waals surface area contributed by atoms with Crippen molar-refractivity contribution in [3.05, 3.63) is 88.7 Å². The summed E-state index contributed by atoms with van der Waals surface area (Å²) < 4.78 is 30.2. The van der Waals surface area contributed by atoms with Crippen molar-refractivity contribution in [2.75, 3.05) is 6.79 Å². The van der Waals surface area contributed by atoms with Gasteiger partial charge in [0.15, 0.2) is 11.5 Å². The van der Waals surface area contributed by atoms with E-state index in [0.29, 0.717) is 28.8 Å². The zero-order valence-corrected chi connectivity index (χ0v) is 16.5. The van der Waals surface area contributed by atoms with Gasteiger partial charge in [0.05, 0.1) is 0 Å². The van der Waals surface area contributed by atoms with Crippen LogP contribution in [0.1, 0.15) is 17.2 Å². The van der Waals surface area contributed by atoms with E-state index in [-0.39, 0.29) is 24.6 Å². The van der Waals surface area contributed by atoms with Crippen molar-refractivity contribution < 1.29 is 23.4 Å². The van der Waals surface area contributed by atoms with E-state index in [0.717, 1.165) is 11.1 Å². The van der Waals surface area contributed by atoms with Crippen molar-refractivity contribution in [1.29, 1.82) is 0 Å². The van der Waals surface area contributed by atoms with Crippen LogP contribution in [0.25, 0.3) is 0 Å². The highest BCUT2D eigenvalue weighted by Gasteiger charge is 2.50. The number of benzene rings is 3. The Morgan fingerprint density at radius 1 is 1.00 bits per heavy atom. The standard InChI is InChI=1S/C23H17ClFNO4/c24-16-4-8-18(9-5-16)30-22-21(15-2-6-17(25)7-3-15)26(23(22)27)12-14-1-10-19-20(11-14)29-13-28-19/h1-11,21-22H,12-13H2/t21-,22+/m1/s1. The summed E-state index contributed by atoms with van der Waals surface area (Å²) in [5.74, 6) is 1.42. The van der Waals surface area contributed by atoms with E-state index in [1.165, 1.54) is 12.1 Å². The van der Waals surface area contributed by atoms with Crippen LogP contribution < -0.4 is 14.2 Å². The number of halogens is 2. The number of carbonyl (C=O) groups is 1. The van der Waals surface area contributed by atoms with Gasteiger partial charge in [0.2, 0.25) is 12.9 Å². The Balaban J connectivity index is 1.41. The lowest BCUT2D eigenvalue weighted by Gasteiger charge is -2.46. The fraction of sp³-hybridized carbons (Fsp3) is 0.174. The van der Waals surface area contributed by atoms with Gasteiger partial charge in [-0.15, -0.1) is 0 Å². The van der Waals surface area contributed by atoms with Crippen LogP contribution in [0.2, 0.25) is 5.02 Å². The molecular formula is C23H17ClFNO4. The second-order valence-electron chi connectivity index (χ2n) is 7.14. The lowest BCUT2D eigenvalue weighted by atomic mass is 9.89. The fourth-order valence-corrected chi connectivity index (χ4v) is 3.84. The molecular weight excluding hydrogens is 409 g/mol. The predicted molar refractivity (Wildman–Crippen MR) is 108 cm³/mol. The summed E-state index contributed by atoms with van der Waals surface area (Å²) >= 11 is 5.93. The highest BCUT2D eigenvalue weighted by atomic mass is 35.5. The number of amides is 1. The largest absolute Gasteiger partial charge is 0.478 e. The summed E-state index contributed by atoms with van der Waals surface area (Å²) in [5, 5.41) is 0.585. The Labute approximate surface area is 177 Å². The van der Waals surface area contributed by atoms with Crippen LogP contribution in [-0.2, 0) is 11.3 Å². The van der Waals surface area contributed by atoms with E-state index in [2.05, 4.69) is 0 Å². The average Bonchev–Trinajstić information content (AvgIpc) is 3.23. The van der Waals surface area contributed by atoms with Gasteiger partial charge in [-0.05, 0) is 59.7 Å². The zero-order chi connectivity index (χ0) is 20.7. The second kappa shape index (κ2) is 7.54. The molecule has 152 valence electrons. The molecule has 1 saturated heterocycles. The molecule has 0 unspecified atom stereocenters. The van der Waals surface area contributed by atoms with Crippen LogP contribution in [-0.4, -0.2) is 23.7 Å². The molecule has 0 radical (unpaired) electrons. The van der Waals surface area contributed by atoms with E-state index in [1.807, 2.05) is 18.2 Å². The number of hydrogen-bond acceptors (Lipinski definition) is 4. The number of likely N-dealkylation sites (tertiary alicyclic amines) is 1. The third-order valence-electron chi connectivity index (χ3n) is 5.23. The van der Waals surface area contributed by atoms with E-state index in [9.17, 15) is 9.18 Å². The van der Waals surface area contributed by atoms with Gasteiger partial charge < -0.3 is 19.1 Å².